The Bertz CT molecular complexity index is 4910. The number of terminal acetylenes is 3. The number of methoxy groups -OCH3 is 1. The largest absolute Gasteiger partial charge is 0.465 e. The summed E-state index contributed by atoms with van der Waals surface area (Å²) in [4.78, 5) is 12.6. The summed E-state index contributed by atoms with van der Waals surface area (Å²) >= 11 is 0. The smallest absolute Gasteiger partial charge is 0.338 e. The van der Waals surface area contributed by atoms with Crippen molar-refractivity contribution in [2.24, 2.45) is 0 Å². The Morgan fingerprint density at radius 2 is 0.443 bits per heavy atom. The Morgan fingerprint density at radius 1 is 0.278 bits per heavy atom. The van der Waals surface area contributed by atoms with E-state index in [1.54, 1.807) is 0 Å². The molecule has 0 aliphatic heterocycles. The van der Waals surface area contributed by atoms with Gasteiger partial charge in [0.25, 0.3) is 0 Å². The van der Waals surface area contributed by atoms with Crippen molar-refractivity contribution in [1.29, 1.82) is 0 Å². The summed E-state index contributed by atoms with van der Waals surface area (Å²) in [6.45, 7) is 0. The number of rotatable bonds is 4. The van der Waals surface area contributed by atoms with Gasteiger partial charge in [-0.05, 0) is 142 Å². The Hall–Kier alpha value is -16.4. The second-order valence-corrected chi connectivity index (χ2v) is 10.5. The zero-order chi connectivity index (χ0) is 56.7. The lowest BCUT2D eigenvalue weighted by Gasteiger charge is -2.10. The average Bonchev–Trinajstić information content (AvgIpc) is 0.816. The number of carbonyl (C=O) groups is 1. The first-order valence-corrected chi connectivity index (χ1v) is 19.8. The first kappa shape index (κ1) is 60.6. The molecule has 0 aliphatic carbocycles. The fraction of sp³-hybridized carbons (Fsp3) is 0.0135. The molecule has 1 rings (SSSR count). The summed E-state index contributed by atoms with van der Waals surface area (Å²) in [5.74, 6) is 145. The van der Waals surface area contributed by atoms with Crippen molar-refractivity contribution < 1.29 is 118 Å². The van der Waals surface area contributed by atoms with Crippen LogP contribution in [0.4, 0.5) is 0 Å². The van der Waals surface area contributed by atoms with Crippen molar-refractivity contribution >= 4 is 5.97 Å². The minimum Gasteiger partial charge on any atom is -0.465 e. The maximum Gasteiger partial charge on any atom is 0.338 e. The molecular weight excluding hydrogens is 969 g/mol. The van der Waals surface area contributed by atoms with Gasteiger partial charge in [0.2, 0.25) is 5.75 Å². The van der Waals surface area contributed by atoms with E-state index < -0.39 is 5.97 Å². The van der Waals surface area contributed by atoms with Gasteiger partial charge in [0.1, 0.15) is 18.3 Å². The summed E-state index contributed by atoms with van der Waals surface area (Å²) in [5.41, 5.74) is -0.0529. The maximum atomic E-state index is 12.6. The highest BCUT2D eigenvalue weighted by atomic mass is 16.5. The molecule has 0 aromatic heterocycles. The van der Waals surface area contributed by atoms with E-state index in [1.165, 1.54) is 12.1 Å². The SMILES string of the molecule is C#CC#CC#CC#CC#CC#CC#CC#CC#CC#CC#COc1cc(C(=O)OC)cc(OC#CC#CC#CC#CC#CC#CC#CC#CC#CC#CC#C)c1OC#CC#CC#CC#CC#CC#CC#CC#CC#CC#CC#C.[HH].[HH].[HH].[HH].[HH].[HH].[HH].[HH].[HH].[HH].[HH].[HH].[HH].[HH].[HH].[HH].[HH].[HH].[HH].[HH].[HH].[HH].[HH].[HH].[HH].[HH].[HH].[HH].[HH].[HH].[HH].[HH].[HH].[HH].[HH].[HH].[HH].[HH].[HH].[HH].[HH].[HH].[HH].[HH].[HH].[HH].[HH].[HH].[HH].[HH].[HH].[HH].[HH].[HH].[HH].[HH].[HH].[HH].[HH].[HH].[HH].[HH].[HH].[HH].[HH].[HH]. The van der Waals surface area contributed by atoms with Gasteiger partial charge in [-0.1, -0.05) is 0 Å². The second-order valence-electron chi connectivity index (χ2n) is 10.5. The molecule has 0 heterocycles. The molecule has 79 heavy (non-hydrogen) atoms. The second kappa shape index (κ2) is 49.5. The van der Waals surface area contributed by atoms with E-state index in [2.05, 4.69) is 374 Å². The molecule has 0 atom stereocenters. The van der Waals surface area contributed by atoms with Gasteiger partial charge in [-0.25, -0.2) is 4.79 Å². The average molecular weight is 1110 g/mol. The molecule has 0 saturated carbocycles. The highest BCUT2D eigenvalue weighted by Crippen LogP contribution is 2.39. The summed E-state index contributed by atoms with van der Waals surface area (Å²) in [6.07, 6.45) is 22.0. The van der Waals surface area contributed by atoms with Crippen molar-refractivity contribution in [1.82, 2.24) is 0 Å². The van der Waals surface area contributed by atoms with Crippen LogP contribution in [0.2, 0.25) is 0 Å². The van der Waals surface area contributed by atoms with Crippen molar-refractivity contribution in [3.63, 3.8) is 0 Å². The zero-order valence-corrected chi connectivity index (χ0v) is 39.9. The van der Waals surface area contributed by atoms with Crippen molar-refractivity contribution in [2.45, 2.75) is 0 Å². The van der Waals surface area contributed by atoms with Crippen LogP contribution in [0.15, 0.2) is 12.1 Å². The maximum absolute atomic E-state index is 12.6. The molecule has 1 aromatic carbocycles. The summed E-state index contributed by atoms with van der Waals surface area (Å²) in [6, 6.07) is 2.48. The Morgan fingerprint density at radius 3 is 0.620 bits per heavy atom. The molecule has 466 valence electrons. The number of esters is 1. The molecule has 0 saturated heterocycles. The lowest BCUT2D eigenvalue weighted by molar-refractivity contribution is 0.0600. The predicted octanol–water partition coefficient (Wildman–Crippen LogP) is 17.7. The Kier molecular flexibility index (Phi) is 37.9. The third kappa shape index (κ3) is 39.3. The van der Waals surface area contributed by atoms with Gasteiger partial charge in [-0.3, -0.25) is 0 Å². The predicted molar refractivity (Wildman–Crippen MR) is 439 cm³/mol. The quantitative estimate of drug-likeness (QED) is 0.222. The molecule has 0 bridgehead atoms. The number of benzene rings is 1. The van der Waals surface area contributed by atoms with Crippen LogP contribution in [-0.4, -0.2) is 13.1 Å². The van der Waals surface area contributed by atoms with E-state index in [1.807, 2.05) is 0 Å². The molecule has 0 radical (unpaired) electrons. The van der Waals surface area contributed by atoms with Crippen LogP contribution >= 0.6 is 0 Å². The molecule has 0 N–H and O–H groups in total. The van der Waals surface area contributed by atoms with Crippen molar-refractivity contribution in [3.8, 4) is 410 Å². The third-order valence-corrected chi connectivity index (χ3v) is 5.66. The molecule has 0 spiro atoms. The van der Waals surface area contributed by atoms with Crippen molar-refractivity contribution in [2.75, 3.05) is 7.11 Å². The number of hydrogen-bond donors (Lipinski definition) is 0. The van der Waals surface area contributed by atoms with Gasteiger partial charge in [0.05, 0.1) is 12.7 Å². The highest BCUT2D eigenvalue weighted by Gasteiger charge is 2.19. The number of ether oxygens (including phenoxy) is 4. The first-order chi connectivity index (χ1) is 39.2. The molecule has 1 aromatic rings. The van der Waals surface area contributed by atoms with E-state index in [0.717, 1.165) is 7.11 Å². The van der Waals surface area contributed by atoms with E-state index in [4.69, 9.17) is 38.2 Å². The molecule has 5 nitrogen and oxygen atoms in total. The zero-order valence-electron chi connectivity index (χ0n) is 39.9. The topological polar surface area (TPSA) is 54.0 Å². The van der Waals surface area contributed by atoms with Gasteiger partial charge in [0, 0.05) is 319 Å². The van der Waals surface area contributed by atoms with E-state index >= 15 is 0 Å². The molecule has 0 aliphatic rings. The monoisotopic (exact) mass is 1110 g/mol. The van der Waals surface area contributed by atoms with Gasteiger partial charge < -0.3 is 18.9 Å². The van der Waals surface area contributed by atoms with Crippen LogP contribution in [0.25, 0.3) is 0 Å². The molecule has 0 unspecified atom stereocenters. The highest BCUT2D eigenvalue weighted by molar-refractivity contribution is 5.91. The number of hydrogen-bond acceptors (Lipinski definition) is 5. The standard InChI is InChI=1S/C74H8O5.66H2/c1-5-8-11-14-17-20-23-26-29-32-35-38-41-44-47-50-53-56-59-62-65-77-71-68-70(74(75)76-4)69-72(78-66-63-60-57-54-51-48-45-42-39-36-33-30-27-24-21-18-15-12-9-6-2)73(71)79-67-64-61-58-55-52-49-46-43-40-37-34-31-28-25-22-19-16-13-10-7-3;;;;;;;;;;;;;;;;;;;;;;;;;;;;;;;;;;;;;;;;;;;;;;;;;;;;;;;;;;;;;;;;;;/h1-3,68-69H,4H3;66*1H. The number of carbonyl (C=O) groups excluding carboxylic acids is 1. The van der Waals surface area contributed by atoms with Gasteiger partial charge in [-0.15, -0.1) is 19.3 Å². The Labute approximate surface area is 560 Å². The molecular formula is C74H140O5. The summed E-state index contributed by atoms with van der Waals surface area (Å²) < 4.78 is 21.6. The van der Waals surface area contributed by atoms with Crippen LogP contribution in [-0.2, 0) is 4.74 Å². The van der Waals surface area contributed by atoms with Crippen LogP contribution in [0.3, 0.4) is 0 Å². The van der Waals surface area contributed by atoms with E-state index in [0.29, 0.717) is 0 Å². The van der Waals surface area contributed by atoms with Gasteiger partial charge >= 0.3 is 5.97 Å². The van der Waals surface area contributed by atoms with Crippen LogP contribution in [0.1, 0.15) is 105 Å². The normalized spacial score (nSPS) is 5.04. The minimum absolute atomic E-state index is 0. The molecule has 5 heteroatoms. The van der Waals surface area contributed by atoms with Crippen molar-refractivity contribution in [3.05, 3.63) is 17.7 Å². The lowest BCUT2D eigenvalue weighted by Crippen LogP contribution is -2.04. The minimum atomic E-state index is -0.780. The summed E-state index contributed by atoms with van der Waals surface area (Å²) in [5, 5.41) is 0. The summed E-state index contributed by atoms with van der Waals surface area (Å²) in [7, 11) is 1.16. The van der Waals surface area contributed by atoms with Crippen LogP contribution < -0.4 is 14.2 Å². The third-order valence-electron chi connectivity index (χ3n) is 5.66. The van der Waals surface area contributed by atoms with Crippen LogP contribution in [0, 0.1) is 393 Å². The van der Waals surface area contributed by atoms with Gasteiger partial charge in [0.15, 0.2) is 11.5 Å². The first-order valence-electron chi connectivity index (χ1n) is 19.8. The van der Waals surface area contributed by atoms with Gasteiger partial charge in [-0.2, -0.15) is 0 Å². The Balaban J connectivity index is -0.0000000148. The van der Waals surface area contributed by atoms with Crippen LogP contribution in [0.5, 0.6) is 17.2 Å². The fourth-order valence-corrected chi connectivity index (χ4v) is 3.08. The lowest BCUT2D eigenvalue weighted by atomic mass is 10.2. The molecule has 0 amide bonds. The fourth-order valence-electron chi connectivity index (χ4n) is 3.08. The van der Waals surface area contributed by atoms with E-state index in [-0.39, 0.29) is 117 Å². The van der Waals surface area contributed by atoms with E-state index in [9.17, 15) is 4.79 Å². The molecule has 0 fully saturated rings.